The van der Waals surface area contributed by atoms with Crippen molar-refractivity contribution in [2.75, 3.05) is 19.8 Å². The van der Waals surface area contributed by atoms with E-state index in [1.54, 1.807) is 30.3 Å². The highest BCUT2D eigenvalue weighted by Gasteiger charge is 2.25. The van der Waals surface area contributed by atoms with Gasteiger partial charge < -0.3 is 28.5 Å². The van der Waals surface area contributed by atoms with Gasteiger partial charge in [0.2, 0.25) is 12.0 Å². The topological polar surface area (TPSA) is 90.7 Å². The second kappa shape index (κ2) is 5.67. The first-order valence-corrected chi connectivity index (χ1v) is 8.17. The van der Waals surface area contributed by atoms with E-state index in [0.717, 1.165) is 0 Å². The molecule has 1 fully saturated rings. The molecule has 0 radical (unpaired) electrons. The number of benzene rings is 2. The van der Waals surface area contributed by atoms with Gasteiger partial charge in [-0.1, -0.05) is 0 Å². The monoisotopic (exact) mass is 354 g/mol. The number of rotatable bonds is 3. The van der Waals surface area contributed by atoms with Crippen molar-refractivity contribution in [1.82, 2.24) is 0 Å². The fourth-order valence-corrected chi connectivity index (χ4v) is 2.90. The van der Waals surface area contributed by atoms with Crippen LogP contribution in [0.15, 0.2) is 45.6 Å². The Kier molecular flexibility index (Phi) is 3.29. The van der Waals surface area contributed by atoms with Gasteiger partial charge in [-0.2, -0.15) is 0 Å². The summed E-state index contributed by atoms with van der Waals surface area (Å²) < 4.78 is 27.3. The minimum Gasteiger partial charge on any atom is -0.504 e. The van der Waals surface area contributed by atoms with Gasteiger partial charge in [0.25, 0.3) is 0 Å². The molecule has 2 aliphatic rings. The first kappa shape index (κ1) is 15.1. The summed E-state index contributed by atoms with van der Waals surface area (Å²) in [5, 5.41) is 10.4. The quantitative estimate of drug-likeness (QED) is 0.723. The number of hydrogen-bond acceptors (Lipinski definition) is 7. The van der Waals surface area contributed by atoms with E-state index in [2.05, 4.69) is 0 Å². The molecule has 1 atom stereocenters. The molecule has 5 rings (SSSR count). The Labute approximate surface area is 147 Å². The van der Waals surface area contributed by atoms with Crippen LogP contribution in [-0.4, -0.2) is 31.2 Å². The van der Waals surface area contributed by atoms with E-state index in [-0.39, 0.29) is 34.2 Å². The van der Waals surface area contributed by atoms with Gasteiger partial charge in [0, 0.05) is 17.7 Å². The Hall–Kier alpha value is -3.19. The summed E-state index contributed by atoms with van der Waals surface area (Å²) in [6.07, 6.45) is -0.171. The standard InChI is InChI=1S/C19H14O7/c20-12-7-13(10-1-3-11(4-2-10)25-16-9-24-16)26-14-8-15-19(18(21)17(12)14)23-6-5-22-15/h1-4,7-8,16,21H,5-6,9H2. The second-order valence-electron chi connectivity index (χ2n) is 6.00. The zero-order valence-corrected chi connectivity index (χ0v) is 13.6. The highest BCUT2D eigenvalue weighted by molar-refractivity contribution is 5.89. The van der Waals surface area contributed by atoms with Crippen LogP contribution in [0, 0.1) is 0 Å². The molecule has 26 heavy (non-hydrogen) atoms. The van der Waals surface area contributed by atoms with Crippen LogP contribution in [0.4, 0.5) is 0 Å². The van der Waals surface area contributed by atoms with Crippen LogP contribution < -0.4 is 19.6 Å². The number of fused-ring (bicyclic) bond motifs is 2. The maximum Gasteiger partial charge on any atom is 0.223 e. The lowest BCUT2D eigenvalue weighted by atomic mass is 10.1. The molecule has 132 valence electrons. The third-order valence-electron chi connectivity index (χ3n) is 4.21. The lowest BCUT2D eigenvalue weighted by molar-refractivity contribution is 0.166. The van der Waals surface area contributed by atoms with Gasteiger partial charge in [-0.05, 0) is 24.3 Å². The number of aromatic hydroxyl groups is 1. The molecule has 3 aromatic rings. The van der Waals surface area contributed by atoms with Crippen LogP contribution >= 0.6 is 0 Å². The summed E-state index contributed by atoms with van der Waals surface area (Å²) in [5.74, 6) is 1.33. The zero-order chi connectivity index (χ0) is 17.7. The van der Waals surface area contributed by atoms with Crippen molar-refractivity contribution in [2.45, 2.75) is 6.29 Å². The van der Waals surface area contributed by atoms with Gasteiger partial charge in [-0.3, -0.25) is 4.79 Å². The number of hydrogen-bond donors (Lipinski definition) is 1. The lowest BCUT2D eigenvalue weighted by Crippen LogP contribution is -2.16. The van der Waals surface area contributed by atoms with Crippen LogP contribution in [0.3, 0.4) is 0 Å². The minimum absolute atomic E-state index is 0.0730. The summed E-state index contributed by atoms with van der Waals surface area (Å²) in [6, 6.07) is 10.1. The highest BCUT2D eigenvalue weighted by Crippen LogP contribution is 2.43. The lowest BCUT2D eigenvalue weighted by Gasteiger charge is -2.19. The van der Waals surface area contributed by atoms with Gasteiger partial charge >= 0.3 is 0 Å². The van der Waals surface area contributed by atoms with E-state index in [9.17, 15) is 9.90 Å². The van der Waals surface area contributed by atoms with E-state index in [1.165, 1.54) is 6.07 Å². The average Bonchev–Trinajstić information content (AvgIpc) is 3.46. The fourth-order valence-electron chi connectivity index (χ4n) is 2.90. The first-order valence-electron chi connectivity index (χ1n) is 8.17. The SMILES string of the molecule is O=c1cc(-c2ccc(OC3CO3)cc2)oc2cc3c(c(O)c12)OCCO3. The van der Waals surface area contributed by atoms with Crippen molar-refractivity contribution >= 4 is 11.0 Å². The van der Waals surface area contributed by atoms with Gasteiger partial charge in [0.15, 0.2) is 16.9 Å². The molecule has 1 aromatic heterocycles. The number of epoxide rings is 1. The van der Waals surface area contributed by atoms with Crippen LogP contribution in [0.5, 0.6) is 23.0 Å². The molecule has 7 heteroatoms. The molecule has 0 aliphatic carbocycles. The summed E-state index contributed by atoms with van der Waals surface area (Å²) >= 11 is 0. The summed E-state index contributed by atoms with van der Waals surface area (Å²) in [6.45, 7) is 1.28. The van der Waals surface area contributed by atoms with Crippen molar-refractivity contribution < 1.29 is 28.5 Å². The molecule has 1 N–H and O–H groups in total. The van der Waals surface area contributed by atoms with Crippen LogP contribution in [0.2, 0.25) is 0 Å². The number of phenols is 1. The molecule has 0 amide bonds. The van der Waals surface area contributed by atoms with E-state index in [4.69, 9.17) is 23.4 Å². The Bertz CT molecular complexity index is 1050. The van der Waals surface area contributed by atoms with E-state index < -0.39 is 0 Å². The summed E-state index contributed by atoms with van der Waals surface area (Å²) in [4.78, 5) is 12.5. The normalized spacial score (nSPS) is 17.9. The van der Waals surface area contributed by atoms with Crippen molar-refractivity contribution in [3.8, 4) is 34.3 Å². The van der Waals surface area contributed by atoms with Crippen LogP contribution in [0.1, 0.15) is 0 Å². The first-order chi connectivity index (χ1) is 12.7. The van der Waals surface area contributed by atoms with E-state index >= 15 is 0 Å². The molecule has 0 bridgehead atoms. The largest absolute Gasteiger partial charge is 0.504 e. The van der Waals surface area contributed by atoms with Crippen molar-refractivity contribution in [3.63, 3.8) is 0 Å². The molecule has 2 aliphatic heterocycles. The molecule has 2 aromatic carbocycles. The molecule has 0 saturated carbocycles. The average molecular weight is 354 g/mol. The Morgan fingerprint density at radius 1 is 1.08 bits per heavy atom. The second-order valence-corrected chi connectivity index (χ2v) is 6.00. The molecule has 0 spiro atoms. The van der Waals surface area contributed by atoms with Crippen molar-refractivity contribution in [2.24, 2.45) is 0 Å². The highest BCUT2D eigenvalue weighted by atomic mass is 16.8. The van der Waals surface area contributed by atoms with E-state index in [1.807, 2.05) is 0 Å². The summed E-state index contributed by atoms with van der Waals surface area (Å²) in [5.41, 5.74) is 0.589. The maximum absolute atomic E-state index is 12.5. The fraction of sp³-hybridized carbons (Fsp3) is 0.211. The van der Waals surface area contributed by atoms with Gasteiger partial charge in [0.05, 0.1) is 0 Å². The minimum atomic E-state index is -0.359. The third-order valence-corrected chi connectivity index (χ3v) is 4.21. The Morgan fingerprint density at radius 3 is 2.62 bits per heavy atom. The Balaban J connectivity index is 1.59. The zero-order valence-electron chi connectivity index (χ0n) is 13.6. The Morgan fingerprint density at radius 2 is 1.85 bits per heavy atom. The van der Waals surface area contributed by atoms with Crippen molar-refractivity contribution in [1.29, 1.82) is 0 Å². The number of ether oxygens (including phenoxy) is 4. The number of phenolic OH excluding ortho intramolecular Hbond substituents is 1. The van der Waals surface area contributed by atoms with Gasteiger partial charge in [-0.25, -0.2) is 0 Å². The molecule has 7 nitrogen and oxygen atoms in total. The smallest absolute Gasteiger partial charge is 0.223 e. The summed E-state index contributed by atoms with van der Waals surface area (Å²) in [7, 11) is 0. The predicted molar refractivity (Wildman–Crippen MR) is 90.9 cm³/mol. The van der Waals surface area contributed by atoms with Gasteiger partial charge in [0.1, 0.15) is 42.3 Å². The van der Waals surface area contributed by atoms with Crippen molar-refractivity contribution in [3.05, 3.63) is 46.6 Å². The molecule has 1 saturated heterocycles. The molecule has 3 heterocycles. The predicted octanol–water partition coefficient (Wildman–Crippen LogP) is 2.67. The molecular weight excluding hydrogens is 340 g/mol. The van der Waals surface area contributed by atoms with Crippen LogP contribution in [0.25, 0.3) is 22.3 Å². The molecule has 1 unspecified atom stereocenters. The van der Waals surface area contributed by atoms with E-state index in [0.29, 0.717) is 42.6 Å². The maximum atomic E-state index is 12.5. The van der Waals surface area contributed by atoms with Crippen LogP contribution in [-0.2, 0) is 4.74 Å². The third kappa shape index (κ3) is 2.53. The molecular formula is C19H14O7. The van der Waals surface area contributed by atoms with Gasteiger partial charge in [-0.15, -0.1) is 0 Å².